The smallest absolute Gasteiger partial charge is 0.351 e. The fourth-order valence-corrected chi connectivity index (χ4v) is 1.50. The normalized spacial score (nSPS) is 12.4. The zero-order valence-corrected chi connectivity index (χ0v) is 9.59. The van der Waals surface area contributed by atoms with Gasteiger partial charge in [-0.05, 0) is 6.92 Å². The van der Waals surface area contributed by atoms with Crippen molar-refractivity contribution in [3.63, 3.8) is 0 Å². The molecule has 0 atom stereocenters. The molecule has 82 valence electrons. The van der Waals surface area contributed by atoms with Crippen molar-refractivity contribution < 1.29 is 17.9 Å². The van der Waals surface area contributed by atoms with Crippen molar-refractivity contribution in [1.82, 2.24) is 4.90 Å². The van der Waals surface area contributed by atoms with E-state index in [1.54, 1.807) is 21.0 Å². The van der Waals surface area contributed by atoms with Gasteiger partial charge in [-0.1, -0.05) is 0 Å². The number of sulfone groups is 1. The van der Waals surface area contributed by atoms with Gasteiger partial charge in [-0.15, -0.1) is 0 Å². The van der Waals surface area contributed by atoms with Gasteiger partial charge in [0.25, 0.3) is 0 Å². The Kier molecular flexibility index (Phi) is 4.62. The topological polar surface area (TPSA) is 63.7 Å². The van der Waals surface area contributed by atoms with E-state index in [0.29, 0.717) is 0 Å². The molecule has 0 aromatic carbocycles. The van der Waals surface area contributed by atoms with Gasteiger partial charge in [0.15, 0.2) is 14.7 Å². The molecule has 0 unspecified atom stereocenters. The second-order valence-electron chi connectivity index (χ2n) is 2.95. The van der Waals surface area contributed by atoms with E-state index in [0.717, 1.165) is 6.26 Å². The minimum atomic E-state index is -3.54. The minimum absolute atomic E-state index is 0.152. The molecule has 0 aliphatic carbocycles. The predicted molar refractivity (Wildman–Crippen MR) is 53.2 cm³/mol. The number of carbonyl (C=O) groups is 1. The molecule has 0 rings (SSSR count). The van der Waals surface area contributed by atoms with Crippen molar-refractivity contribution in [1.29, 1.82) is 0 Å². The summed E-state index contributed by atoms with van der Waals surface area (Å²) in [6.45, 7) is 1.77. The van der Waals surface area contributed by atoms with Gasteiger partial charge in [0.05, 0.1) is 6.61 Å². The zero-order chi connectivity index (χ0) is 11.4. The monoisotopic (exact) mass is 221 g/mol. The van der Waals surface area contributed by atoms with Crippen LogP contribution in [0.3, 0.4) is 0 Å². The molecule has 6 heteroatoms. The van der Waals surface area contributed by atoms with Crippen LogP contribution in [0.5, 0.6) is 0 Å². The lowest BCUT2D eigenvalue weighted by Gasteiger charge is -2.09. The van der Waals surface area contributed by atoms with Crippen LogP contribution >= 0.6 is 0 Å². The van der Waals surface area contributed by atoms with Crippen LogP contribution in [0.4, 0.5) is 0 Å². The lowest BCUT2D eigenvalue weighted by molar-refractivity contribution is -0.137. The molecule has 0 heterocycles. The quantitative estimate of drug-likeness (QED) is 0.494. The van der Waals surface area contributed by atoms with Crippen molar-refractivity contribution in [2.45, 2.75) is 6.92 Å². The van der Waals surface area contributed by atoms with E-state index in [9.17, 15) is 13.2 Å². The lowest BCUT2D eigenvalue weighted by Crippen LogP contribution is -2.18. The number of hydrogen-bond acceptors (Lipinski definition) is 5. The van der Waals surface area contributed by atoms with Crippen LogP contribution in [-0.4, -0.2) is 46.2 Å². The Morgan fingerprint density at radius 2 is 1.93 bits per heavy atom. The molecule has 0 spiro atoms. The third-order valence-electron chi connectivity index (χ3n) is 1.25. The number of nitrogens with zero attached hydrogens (tertiary/aromatic N) is 1. The molecule has 0 saturated heterocycles. The first-order valence-electron chi connectivity index (χ1n) is 4.04. The van der Waals surface area contributed by atoms with E-state index >= 15 is 0 Å². The number of rotatable bonds is 4. The Hall–Kier alpha value is -1.04. The summed E-state index contributed by atoms with van der Waals surface area (Å²) in [7, 11) is -0.278. The maximum atomic E-state index is 11.2. The second-order valence-corrected chi connectivity index (χ2v) is 4.93. The average Bonchev–Trinajstić information content (AvgIpc) is 1.98. The molecular formula is C8H15NO4S. The minimum Gasteiger partial charge on any atom is -0.462 e. The predicted octanol–water partition coefficient (Wildman–Crippen LogP) is -0.00290. The second kappa shape index (κ2) is 4.99. The summed E-state index contributed by atoms with van der Waals surface area (Å²) in [5, 5.41) is 0. The Morgan fingerprint density at radius 1 is 1.43 bits per heavy atom. The zero-order valence-electron chi connectivity index (χ0n) is 8.77. The lowest BCUT2D eigenvalue weighted by atomic mass is 10.6. The molecule has 0 aromatic rings. The Bertz CT molecular complexity index is 329. The van der Waals surface area contributed by atoms with Crippen molar-refractivity contribution in [3.05, 3.63) is 11.1 Å². The van der Waals surface area contributed by atoms with Gasteiger partial charge in [0, 0.05) is 26.6 Å². The van der Waals surface area contributed by atoms with Gasteiger partial charge in [0.2, 0.25) is 0 Å². The van der Waals surface area contributed by atoms with Crippen molar-refractivity contribution in [3.8, 4) is 0 Å². The average molecular weight is 221 g/mol. The molecule has 14 heavy (non-hydrogen) atoms. The van der Waals surface area contributed by atoms with Gasteiger partial charge >= 0.3 is 5.97 Å². The van der Waals surface area contributed by atoms with Crippen LogP contribution in [0.1, 0.15) is 6.92 Å². The van der Waals surface area contributed by atoms with Crippen LogP contribution in [0.2, 0.25) is 0 Å². The van der Waals surface area contributed by atoms with Gasteiger partial charge in [-0.25, -0.2) is 13.2 Å². The summed E-state index contributed by atoms with van der Waals surface area (Å²) in [6.07, 6.45) is 2.20. The van der Waals surface area contributed by atoms with Gasteiger partial charge < -0.3 is 9.64 Å². The molecule has 0 N–H and O–H groups in total. The highest BCUT2D eigenvalue weighted by atomic mass is 32.2. The number of ether oxygens (including phenoxy) is 1. The molecule has 5 nitrogen and oxygen atoms in total. The molecule has 0 aliphatic rings. The summed E-state index contributed by atoms with van der Waals surface area (Å²) in [5.41, 5.74) is 0. The third kappa shape index (κ3) is 4.27. The number of carbonyl (C=O) groups excluding carboxylic acids is 1. The summed E-state index contributed by atoms with van der Waals surface area (Å²) < 4.78 is 27.0. The number of esters is 1. The summed E-state index contributed by atoms with van der Waals surface area (Å²) in [5.74, 6) is -0.816. The van der Waals surface area contributed by atoms with E-state index in [-0.39, 0.29) is 11.5 Å². The molecule has 0 aliphatic heterocycles. The van der Waals surface area contributed by atoms with Gasteiger partial charge in [0.1, 0.15) is 0 Å². The van der Waals surface area contributed by atoms with Crippen LogP contribution < -0.4 is 0 Å². The first-order valence-corrected chi connectivity index (χ1v) is 5.93. The highest BCUT2D eigenvalue weighted by Gasteiger charge is 2.21. The third-order valence-corrected chi connectivity index (χ3v) is 2.32. The highest BCUT2D eigenvalue weighted by molar-refractivity contribution is 7.95. The molecule has 0 amide bonds. The van der Waals surface area contributed by atoms with Crippen molar-refractivity contribution in [2.75, 3.05) is 27.0 Å². The van der Waals surface area contributed by atoms with Crippen LogP contribution in [0.15, 0.2) is 11.1 Å². The Labute approximate surface area is 84.3 Å². The van der Waals surface area contributed by atoms with E-state index in [4.69, 9.17) is 0 Å². The Morgan fingerprint density at radius 3 is 2.21 bits per heavy atom. The molecule has 0 saturated carbocycles. The van der Waals surface area contributed by atoms with Gasteiger partial charge in [-0.3, -0.25) is 0 Å². The fraction of sp³-hybridized carbons (Fsp3) is 0.625. The van der Waals surface area contributed by atoms with Gasteiger partial charge in [-0.2, -0.15) is 0 Å². The first-order chi connectivity index (χ1) is 6.29. The highest BCUT2D eigenvalue weighted by Crippen LogP contribution is 2.07. The standard InChI is InChI=1S/C8H15NO4S/c1-5-13-8(10)7(6-9(2)3)14(4,11)12/h6H,5H2,1-4H3/b7-6+. The van der Waals surface area contributed by atoms with E-state index in [2.05, 4.69) is 4.74 Å². The maximum absolute atomic E-state index is 11.2. The summed E-state index contributed by atoms with van der Waals surface area (Å²) in [6, 6.07) is 0. The Balaban J connectivity index is 5.04. The molecule has 0 aromatic heterocycles. The van der Waals surface area contributed by atoms with E-state index < -0.39 is 15.8 Å². The SMILES string of the molecule is CCOC(=O)/C(=C\N(C)C)S(C)(=O)=O. The summed E-state index contributed by atoms with van der Waals surface area (Å²) in [4.78, 5) is 12.4. The van der Waals surface area contributed by atoms with Crippen LogP contribution in [0, 0.1) is 0 Å². The molecule has 0 fully saturated rings. The molecule has 0 radical (unpaired) electrons. The molecular weight excluding hydrogens is 206 g/mol. The largest absolute Gasteiger partial charge is 0.462 e. The van der Waals surface area contributed by atoms with Crippen LogP contribution in [0.25, 0.3) is 0 Å². The van der Waals surface area contributed by atoms with Crippen molar-refractivity contribution in [2.24, 2.45) is 0 Å². The van der Waals surface area contributed by atoms with Crippen molar-refractivity contribution >= 4 is 15.8 Å². The van der Waals surface area contributed by atoms with E-state index in [1.807, 2.05) is 0 Å². The molecule has 0 bridgehead atoms. The number of hydrogen-bond donors (Lipinski definition) is 0. The maximum Gasteiger partial charge on any atom is 0.351 e. The fourth-order valence-electron chi connectivity index (χ4n) is 0.737. The first kappa shape index (κ1) is 13.0. The summed E-state index contributed by atoms with van der Waals surface area (Å²) >= 11 is 0. The van der Waals surface area contributed by atoms with Crippen LogP contribution in [-0.2, 0) is 19.4 Å². The van der Waals surface area contributed by atoms with E-state index in [1.165, 1.54) is 11.1 Å².